The van der Waals surface area contributed by atoms with Gasteiger partial charge in [0, 0.05) is 5.57 Å². The number of rotatable bonds is 25. The lowest BCUT2D eigenvalue weighted by molar-refractivity contribution is -0.139. The molecule has 7 nitrogen and oxygen atoms in total. The minimum absolute atomic E-state index is 0.0351. The molecule has 0 bridgehead atoms. The first-order chi connectivity index (χ1) is 21.4. The lowest BCUT2D eigenvalue weighted by Crippen LogP contribution is -2.33. The van der Waals surface area contributed by atoms with Crippen molar-refractivity contribution in [2.45, 2.75) is 217 Å². The van der Waals surface area contributed by atoms with E-state index in [9.17, 15) is 20.1 Å². The molecule has 0 saturated carbocycles. The van der Waals surface area contributed by atoms with Crippen LogP contribution in [-0.4, -0.2) is 70.1 Å². The van der Waals surface area contributed by atoms with E-state index in [0.29, 0.717) is 0 Å². The van der Waals surface area contributed by atoms with Crippen LogP contribution < -0.4 is 0 Å². The molecule has 256 valence electrons. The molecule has 3 rings (SSSR count). The zero-order chi connectivity index (χ0) is 31.6. The third-order valence-electron chi connectivity index (χ3n) is 10.1. The summed E-state index contributed by atoms with van der Waals surface area (Å²) in [5.74, 6) is -0.123. The van der Waals surface area contributed by atoms with Crippen LogP contribution in [0.3, 0.4) is 0 Å². The van der Waals surface area contributed by atoms with Gasteiger partial charge in [0.25, 0.3) is 0 Å². The molecular formula is C37H66O7. The van der Waals surface area contributed by atoms with Gasteiger partial charge in [-0.2, -0.15) is 0 Å². The van der Waals surface area contributed by atoms with Gasteiger partial charge in [-0.3, -0.25) is 0 Å². The van der Waals surface area contributed by atoms with Gasteiger partial charge in [0.1, 0.15) is 6.10 Å². The van der Waals surface area contributed by atoms with Crippen LogP contribution in [0.1, 0.15) is 168 Å². The molecule has 3 N–H and O–H groups in total. The molecule has 2 fully saturated rings. The van der Waals surface area contributed by atoms with E-state index in [1.165, 1.54) is 51.4 Å². The quantitative estimate of drug-likeness (QED) is 0.0703. The summed E-state index contributed by atoms with van der Waals surface area (Å²) in [6.45, 7) is 4.06. The predicted octanol–water partition coefficient (Wildman–Crippen LogP) is 7.86. The second-order valence-electron chi connectivity index (χ2n) is 14.0. The Morgan fingerprint density at radius 2 is 1.11 bits per heavy atom. The van der Waals surface area contributed by atoms with E-state index in [2.05, 4.69) is 6.92 Å². The van der Waals surface area contributed by atoms with Gasteiger partial charge < -0.3 is 29.5 Å². The topological polar surface area (TPSA) is 105 Å². The largest absolute Gasteiger partial charge is 0.455 e. The Hall–Kier alpha value is -0.990. The van der Waals surface area contributed by atoms with Crippen LogP contribution in [-0.2, 0) is 19.0 Å². The monoisotopic (exact) mass is 622 g/mol. The number of hydrogen-bond donors (Lipinski definition) is 3. The number of hydrogen-bond acceptors (Lipinski definition) is 7. The van der Waals surface area contributed by atoms with E-state index in [1.807, 2.05) is 13.0 Å². The van der Waals surface area contributed by atoms with E-state index < -0.39 is 12.2 Å². The predicted molar refractivity (Wildman–Crippen MR) is 175 cm³/mol. The summed E-state index contributed by atoms with van der Waals surface area (Å²) < 4.78 is 17.7. The molecule has 0 aromatic heterocycles. The van der Waals surface area contributed by atoms with Crippen molar-refractivity contribution in [1.29, 1.82) is 0 Å². The summed E-state index contributed by atoms with van der Waals surface area (Å²) >= 11 is 0. The number of esters is 1. The molecule has 8 atom stereocenters. The van der Waals surface area contributed by atoms with Crippen LogP contribution >= 0.6 is 0 Å². The molecule has 0 aromatic carbocycles. The fourth-order valence-corrected chi connectivity index (χ4v) is 7.26. The highest BCUT2D eigenvalue weighted by Crippen LogP contribution is 2.34. The maximum Gasteiger partial charge on any atom is 0.334 e. The molecule has 0 amide bonds. The Kier molecular flexibility index (Phi) is 18.5. The smallest absolute Gasteiger partial charge is 0.334 e. The average Bonchev–Trinajstić information content (AvgIpc) is 3.76. The first-order valence-electron chi connectivity index (χ1n) is 18.6. The molecule has 0 spiro atoms. The van der Waals surface area contributed by atoms with Crippen molar-refractivity contribution in [2.75, 3.05) is 0 Å². The summed E-state index contributed by atoms with van der Waals surface area (Å²) in [5.41, 5.74) is 0.864. The van der Waals surface area contributed by atoms with Crippen molar-refractivity contribution in [3.05, 3.63) is 11.6 Å². The SMILES string of the molecule is CCCC[C@@H](O)CCCCC[C@H](O)[C@H]1CC[C@@H]([C@H]2CC[C@@H]([C@H](O)CCCCCCCCCCCCC3=C[C@H](C)OC3=O)O2)O1. The highest BCUT2D eigenvalue weighted by Gasteiger charge is 2.40. The maximum atomic E-state index is 11.6. The molecule has 3 heterocycles. The van der Waals surface area contributed by atoms with Gasteiger partial charge >= 0.3 is 5.97 Å². The summed E-state index contributed by atoms with van der Waals surface area (Å²) in [7, 11) is 0. The fourth-order valence-electron chi connectivity index (χ4n) is 7.26. The minimum atomic E-state index is -0.426. The Labute approximate surface area is 268 Å². The fraction of sp³-hybridized carbons (Fsp3) is 0.919. The lowest BCUT2D eigenvalue weighted by atomic mass is 10.00. The lowest BCUT2D eigenvalue weighted by Gasteiger charge is -2.24. The normalized spacial score (nSPS) is 27.4. The average molecular weight is 623 g/mol. The van der Waals surface area contributed by atoms with E-state index in [1.54, 1.807) is 0 Å². The molecular weight excluding hydrogens is 556 g/mol. The van der Waals surface area contributed by atoms with Gasteiger partial charge in [0.05, 0.1) is 42.7 Å². The number of cyclic esters (lactones) is 1. The Morgan fingerprint density at radius 1 is 0.659 bits per heavy atom. The second-order valence-corrected chi connectivity index (χ2v) is 14.0. The highest BCUT2D eigenvalue weighted by molar-refractivity contribution is 5.90. The molecule has 0 radical (unpaired) electrons. The molecule has 2 saturated heterocycles. The van der Waals surface area contributed by atoms with Crippen molar-refractivity contribution in [2.24, 2.45) is 0 Å². The van der Waals surface area contributed by atoms with Gasteiger partial charge in [-0.05, 0) is 77.2 Å². The molecule has 0 unspecified atom stereocenters. The van der Waals surface area contributed by atoms with Crippen molar-refractivity contribution in [3.8, 4) is 0 Å². The van der Waals surface area contributed by atoms with Crippen LogP contribution in [0.5, 0.6) is 0 Å². The van der Waals surface area contributed by atoms with Gasteiger partial charge in [0.15, 0.2) is 0 Å². The summed E-state index contributed by atoms with van der Waals surface area (Å²) in [6.07, 6.45) is 25.9. The van der Waals surface area contributed by atoms with Crippen molar-refractivity contribution in [1.82, 2.24) is 0 Å². The maximum absolute atomic E-state index is 11.6. The summed E-state index contributed by atoms with van der Waals surface area (Å²) in [4.78, 5) is 11.6. The van der Waals surface area contributed by atoms with Gasteiger partial charge in [-0.1, -0.05) is 96.8 Å². The zero-order valence-electron chi connectivity index (χ0n) is 28.1. The van der Waals surface area contributed by atoms with Crippen molar-refractivity contribution in [3.63, 3.8) is 0 Å². The van der Waals surface area contributed by atoms with Gasteiger partial charge in [-0.15, -0.1) is 0 Å². The Balaban J connectivity index is 1.12. The standard InChI is InChI=1S/C37H66O7/c1-3-4-19-30(38)20-15-13-17-22-32(40)34-24-26-36(44-34)35-25-23-33(43-35)31(39)21-16-12-10-8-6-5-7-9-11-14-18-29-27-28(2)42-37(29)41/h27-28,30-36,38-40H,3-26H2,1-2H3/t28-,30+,31+,32-,33-,34+,35+,36-/m0/s1. The minimum Gasteiger partial charge on any atom is -0.455 e. The number of carbonyl (C=O) groups excluding carboxylic acids is 1. The van der Waals surface area contributed by atoms with Gasteiger partial charge in [-0.25, -0.2) is 4.79 Å². The first-order valence-corrected chi connectivity index (χ1v) is 18.6. The molecule has 44 heavy (non-hydrogen) atoms. The van der Waals surface area contributed by atoms with Crippen LogP contribution in [0.15, 0.2) is 11.6 Å². The van der Waals surface area contributed by atoms with E-state index in [-0.39, 0.29) is 42.6 Å². The van der Waals surface area contributed by atoms with Crippen molar-refractivity contribution < 1.29 is 34.3 Å². The van der Waals surface area contributed by atoms with Crippen LogP contribution in [0, 0.1) is 0 Å². The van der Waals surface area contributed by atoms with Crippen molar-refractivity contribution >= 4 is 5.97 Å². The van der Waals surface area contributed by atoms with Gasteiger partial charge in [0.2, 0.25) is 0 Å². The highest BCUT2D eigenvalue weighted by atomic mass is 16.6. The molecule has 0 aromatic rings. The Bertz CT molecular complexity index is 801. The van der Waals surface area contributed by atoms with Crippen LogP contribution in [0.2, 0.25) is 0 Å². The van der Waals surface area contributed by atoms with Crippen LogP contribution in [0.4, 0.5) is 0 Å². The number of aliphatic hydroxyl groups excluding tert-OH is 3. The first kappa shape index (κ1) is 37.5. The summed E-state index contributed by atoms with van der Waals surface area (Å²) in [5, 5.41) is 31.4. The third-order valence-corrected chi connectivity index (χ3v) is 10.1. The molecule has 7 heteroatoms. The molecule has 0 aliphatic carbocycles. The van der Waals surface area contributed by atoms with E-state index in [4.69, 9.17) is 14.2 Å². The van der Waals surface area contributed by atoms with E-state index >= 15 is 0 Å². The number of unbranched alkanes of at least 4 members (excludes halogenated alkanes) is 12. The Morgan fingerprint density at radius 3 is 1.61 bits per heavy atom. The third kappa shape index (κ3) is 14.2. The van der Waals surface area contributed by atoms with Crippen LogP contribution in [0.25, 0.3) is 0 Å². The molecule has 3 aliphatic rings. The molecule has 3 aliphatic heterocycles. The number of ether oxygens (including phenoxy) is 3. The number of aliphatic hydroxyl groups is 3. The van der Waals surface area contributed by atoms with E-state index in [0.717, 1.165) is 108 Å². The number of carbonyl (C=O) groups is 1. The second kappa shape index (κ2) is 21.7. The summed E-state index contributed by atoms with van der Waals surface area (Å²) in [6, 6.07) is 0. The zero-order valence-corrected chi connectivity index (χ0v) is 28.1.